The number of aromatic nitrogens is 2. The highest BCUT2D eigenvalue weighted by Gasteiger charge is 2.66. The molecule has 8 rings (SSSR count). The fourth-order valence-corrected chi connectivity index (χ4v) is 8.83. The van der Waals surface area contributed by atoms with Gasteiger partial charge in [-0.3, -0.25) is 19.3 Å². The smallest absolute Gasteiger partial charge is 0.297 e. The van der Waals surface area contributed by atoms with Crippen molar-refractivity contribution in [2.24, 2.45) is 0 Å². The second-order valence-corrected chi connectivity index (χ2v) is 14.4. The first kappa shape index (κ1) is 30.8. The van der Waals surface area contributed by atoms with E-state index in [-0.39, 0.29) is 34.0 Å². The van der Waals surface area contributed by atoms with E-state index in [9.17, 15) is 14.0 Å². The van der Waals surface area contributed by atoms with Gasteiger partial charge >= 0.3 is 0 Å². The zero-order valence-corrected chi connectivity index (χ0v) is 28.0. The van der Waals surface area contributed by atoms with E-state index in [0.29, 0.717) is 31.4 Å². The summed E-state index contributed by atoms with van der Waals surface area (Å²) in [6, 6.07) is 23.4. The van der Waals surface area contributed by atoms with Gasteiger partial charge in [-0.1, -0.05) is 94.8 Å². The quantitative estimate of drug-likeness (QED) is 0.127. The summed E-state index contributed by atoms with van der Waals surface area (Å²) in [5.41, 5.74) is 0.759. The third kappa shape index (κ3) is 4.60. The Bertz CT molecular complexity index is 2400. The van der Waals surface area contributed by atoms with Gasteiger partial charge in [0.1, 0.15) is 11.4 Å². The average molecular weight is 716 g/mol. The average Bonchev–Trinajstić information content (AvgIpc) is 3.71. The molecule has 0 bridgehead atoms. The third-order valence-electron chi connectivity index (χ3n) is 8.63. The van der Waals surface area contributed by atoms with Crippen molar-refractivity contribution in [1.82, 2.24) is 10.2 Å². The summed E-state index contributed by atoms with van der Waals surface area (Å²) in [5, 5.41) is 9.71. The number of benzene rings is 4. The van der Waals surface area contributed by atoms with Crippen LogP contribution in [0.1, 0.15) is 38.4 Å². The molecule has 4 aromatic carbocycles. The maximum absolute atomic E-state index is 15.1. The van der Waals surface area contributed by atoms with Gasteiger partial charge in [0.2, 0.25) is 10.9 Å². The number of hydrogen-bond acceptors (Lipinski definition) is 8. The Kier molecular flexibility index (Phi) is 7.40. The van der Waals surface area contributed by atoms with Gasteiger partial charge in [0.15, 0.2) is 15.3 Å². The van der Waals surface area contributed by atoms with Crippen molar-refractivity contribution in [2.75, 3.05) is 9.80 Å². The van der Waals surface area contributed by atoms with Gasteiger partial charge in [0, 0.05) is 21.4 Å². The molecule has 6 aromatic rings. The highest BCUT2D eigenvalue weighted by Crippen LogP contribution is 2.55. The minimum absolute atomic E-state index is 0.0225. The summed E-state index contributed by atoms with van der Waals surface area (Å²) in [6.07, 6.45) is 0. The Morgan fingerprint density at radius 2 is 1.73 bits per heavy atom. The lowest BCUT2D eigenvalue weighted by Crippen LogP contribution is -2.53. The Hall–Kier alpha value is -4.55. The minimum Gasteiger partial charge on any atom is -0.450 e. The van der Waals surface area contributed by atoms with E-state index in [2.05, 4.69) is 10.2 Å². The molecule has 0 radical (unpaired) electrons. The summed E-state index contributed by atoms with van der Waals surface area (Å²) >= 11 is 14.9. The van der Waals surface area contributed by atoms with Crippen LogP contribution in [0.15, 0.2) is 98.5 Å². The molecule has 0 fully saturated rings. The first-order chi connectivity index (χ1) is 23.2. The molecule has 1 unspecified atom stereocenters. The van der Waals surface area contributed by atoms with Gasteiger partial charge in [0.05, 0.1) is 23.2 Å². The molecule has 48 heavy (non-hydrogen) atoms. The first-order valence-electron chi connectivity index (χ1n) is 14.7. The summed E-state index contributed by atoms with van der Waals surface area (Å²) < 4.78 is 21.0. The number of carbonyl (C=O) groups is 2. The van der Waals surface area contributed by atoms with Crippen LogP contribution in [-0.2, 0) is 22.6 Å². The number of carbonyl (C=O) groups excluding carboxylic acids is 2. The van der Waals surface area contributed by atoms with E-state index in [0.717, 1.165) is 40.2 Å². The normalized spacial score (nSPS) is 16.8. The second kappa shape index (κ2) is 11.6. The van der Waals surface area contributed by atoms with E-state index in [4.69, 9.17) is 27.6 Å². The number of aryl methyl sites for hydroxylation is 1. The number of rotatable bonds is 6. The number of halogens is 3. The number of para-hydroxylation sites is 1. The third-order valence-corrected chi connectivity index (χ3v) is 11.3. The molecule has 8 nitrogen and oxygen atoms in total. The molecule has 13 heteroatoms. The van der Waals surface area contributed by atoms with E-state index in [1.165, 1.54) is 22.7 Å². The molecule has 1 atom stereocenters. The van der Waals surface area contributed by atoms with Gasteiger partial charge in [-0.05, 0) is 60.0 Å². The topological polar surface area (TPSA) is 96.6 Å². The molecule has 2 aromatic heterocycles. The highest BCUT2D eigenvalue weighted by atomic mass is 35.5. The van der Waals surface area contributed by atoms with E-state index < -0.39 is 28.6 Å². The van der Waals surface area contributed by atoms with Crippen LogP contribution in [0.25, 0.3) is 11.0 Å². The summed E-state index contributed by atoms with van der Waals surface area (Å²) in [4.78, 5) is 46.8. The van der Waals surface area contributed by atoms with Gasteiger partial charge in [-0.15, -0.1) is 10.2 Å². The van der Waals surface area contributed by atoms with Crippen molar-refractivity contribution in [2.45, 2.75) is 29.1 Å². The molecule has 4 heterocycles. The molecule has 2 aliphatic heterocycles. The zero-order valence-electron chi connectivity index (χ0n) is 24.9. The Labute approximate surface area is 290 Å². The number of hydrogen-bond donors (Lipinski definition) is 0. The Morgan fingerprint density at radius 1 is 0.938 bits per heavy atom. The van der Waals surface area contributed by atoms with E-state index in [1.807, 2.05) is 37.3 Å². The first-order valence-corrected chi connectivity index (χ1v) is 17.2. The molecule has 0 aliphatic carbocycles. The molecule has 0 saturated heterocycles. The van der Waals surface area contributed by atoms with Crippen molar-refractivity contribution in [3.63, 3.8) is 0 Å². The van der Waals surface area contributed by atoms with Gasteiger partial charge in [-0.2, -0.15) is 0 Å². The van der Waals surface area contributed by atoms with E-state index >= 15 is 4.79 Å². The molecular weight excluding hydrogens is 694 g/mol. The number of nitrogens with zero attached hydrogens (tertiary/aromatic N) is 4. The van der Waals surface area contributed by atoms with Crippen LogP contribution in [0.2, 0.25) is 10.0 Å². The van der Waals surface area contributed by atoms with Crippen molar-refractivity contribution in [3.05, 3.63) is 145 Å². The molecule has 0 N–H and O–H groups in total. The Morgan fingerprint density at radius 3 is 2.54 bits per heavy atom. The van der Waals surface area contributed by atoms with Crippen LogP contribution in [0.3, 0.4) is 0 Å². The number of fused-ring (bicyclic) bond motifs is 5. The number of thioether (sulfide) groups is 1. The number of anilines is 2. The van der Waals surface area contributed by atoms with Crippen LogP contribution < -0.4 is 15.2 Å². The van der Waals surface area contributed by atoms with Crippen molar-refractivity contribution in [3.8, 4) is 0 Å². The lowest BCUT2D eigenvalue weighted by atomic mass is 9.84. The van der Waals surface area contributed by atoms with Crippen molar-refractivity contribution < 1.29 is 18.4 Å². The van der Waals surface area contributed by atoms with E-state index in [1.54, 1.807) is 41.3 Å². The van der Waals surface area contributed by atoms with Crippen LogP contribution in [0.5, 0.6) is 0 Å². The molecule has 0 saturated carbocycles. The van der Waals surface area contributed by atoms with Gasteiger partial charge in [0.25, 0.3) is 11.8 Å². The second-order valence-electron chi connectivity index (χ2n) is 11.3. The standard InChI is InChI=1S/C35H21Cl2FN4O4S2/c1-18-6-2-3-7-19(18)16-41-26-9-5-4-8-24(26)35(32(41)45)28-29(43)23-15-22(38)12-13-27(23)46-30(28)31(44)42(35)33-39-40-34(48-33)47-17-20-10-11-21(36)14-25(20)37/h2-15H,16-17H2,1H3. The summed E-state index contributed by atoms with van der Waals surface area (Å²) in [6.45, 7) is 2.12. The zero-order chi connectivity index (χ0) is 33.3. The summed E-state index contributed by atoms with van der Waals surface area (Å²) in [7, 11) is 0. The Balaban J connectivity index is 1.32. The molecule has 2 amide bonds. The minimum atomic E-state index is -1.99. The molecule has 238 valence electrons. The maximum Gasteiger partial charge on any atom is 0.297 e. The summed E-state index contributed by atoms with van der Waals surface area (Å²) in [5.74, 6) is -1.80. The van der Waals surface area contributed by atoms with Crippen LogP contribution in [-0.4, -0.2) is 22.0 Å². The fraction of sp³-hybridized carbons (Fsp3) is 0.114. The van der Waals surface area contributed by atoms with Crippen molar-refractivity contribution >= 4 is 79.9 Å². The SMILES string of the molecule is Cc1ccccc1CN1C(=O)C2(c3ccccc31)c1c(oc3ccc(F)cc3c1=O)C(=O)N2c1nnc(SCc2ccc(Cl)cc2Cl)s1. The molecule has 1 spiro atoms. The van der Waals surface area contributed by atoms with Crippen LogP contribution in [0, 0.1) is 12.7 Å². The van der Waals surface area contributed by atoms with Crippen molar-refractivity contribution in [1.29, 1.82) is 0 Å². The lowest BCUT2D eigenvalue weighted by molar-refractivity contribution is -0.121. The molecule has 2 aliphatic rings. The lowest BCUT2D eigenvalue weighted by Gasteiger charge is -2.32. The van der Waals surface area contributed by atoms with Gasteiger partial charge < -0.3 is 9.32 Å². The van der Waals surface area contributed by atoms with Gasteiger partial charge in [-0.25, -0.2) is 4.39 Å². The largest absolute Gasteiger partial charge is 0.450 e. The monoisotopic (exact) mass is 714 g/mol. The number of amides is 2. The predicted molar refractivity (Wildman–Crippen MR) is 185 cm³/mol. The molecular formula is C35H21Cl2FN4O4S2. The maximum atomic E-state index is 15.1. The predicted octanol–water partition coefficient (Wildman–Crippen LogP) is 8.14. The van der Waals surface area contributed by atoms with Crippen LogP contribution in [0.4, 0.5) is 15.2 Å². The fourth-order valence-electron chi connectivity index (χ4n) is 6.38. The van der Waals surface area contributed by atoms with Crippen LogP contribution >= 0.6 is 46.3 Å². The highest BCUT2D eigenvalue weighted by molar-refractivity contribution is 8.00.